The van der Waals surface area contributed by atoms with Gasteiger partial charge in [0.25, 0.3) is 0 Å². The summed E-state index contributed by atoms with van der Waals surface area (Å²) in [5, 5.41) is 16.6. The van der Waals surface area contributed by atoms with Gasteiger partial charge >= 0.3 is 0 Å². The van der Waals surface area contributed by atoms with E-state index in [1.54, 1.807) is 18.2 Å². The molecule has 3 aromatic rings. The number of ether oxygens (including phenoxy) is 1. The number of nitrogens with one attached hydrogen (secondary N) is 3. The SMILES string of the molecule is Cc1nc2c(Nc3ccc(C4CCCCO4)cc3S(C)(=O)=O)cc(NC(O)C3CC3)nc2[nH]1. The Balaban J connectivity index is 1.52. The van der Waals surface area contributed by atoms with Crippen LogP contribution in [0.15, 0.2) is 29.2 Å². The number of aryl methyl sites for hydroxylation is 1. The third-order valence-electron chi connectivity index (χ3n) is 6.16. The van der Waals surface area contributed by atoms with E-state index in [4.69, 9.17) is 4.74 Å². The number of H-pyrrole nitrogens is 1. The Labute approximate surface area is 192 Å². The van der Waals surface area contributed by atoms with Gasteiger partial charge in [0.1, 0.15) is 23.4 Å². The fourth-order valence-electron chi connectivity index (χ4n) is 4.25. The van der Waals surface area contributed by atoms with Crippen molar-refractivity contribution in [1.82, 2.24) is 15.0 Å². The zero-order valence-electron chi connectivity index (χ0n) is 18.8. The van der Waals surface area contributed by atoms with Gasteiger partial charge in [0.15, 0.2) is 15.5 Å². The highest BCUT2D eigenvalue weighted by Crippen LogP contribution is 2.36. The summed E-state index contributed by atoms with van der Waals surface area (Å²) in [6, 6.07) is 7.15. The van der Waals surface area contributed by atoms with Gasteiger partial charge < -0.3 is 25.5 Å². The first-order valence-corrected chi connectivity index (χ1v) is 13.2. The second-order valence-electron chi connectivity index (χ2n) is 9.01. The normalized spacial score (nSPS) is 20.0. The van der Waals surface area contributed by atoms with Gasteiger partial charge in [-0.3, -0.25) is 0 Å². The van der Waals surface area contributed by atoms with Gasteiger partial charge in [0, 0.05) is 24.8 Å². The predicted molar refractivity (Wildman–Crippen MR) is 126 cm³/mol. The molecule has 0 spiro atoms. The Hall–Kier alpha value is -2.69. The van der Waals surface area contributed by atoms with Crippen molar-refractivity contribution in [2.75, 3.05) is 23.5 Å². The number of hydrogen-bond acceptors (Lipinski definition) is 8. The Morgan fingerprint density at radius 2 is 1.97 bits per heavy atom. The molecule has 2 atom stereocenters. The van der Waals surface area contributed by atoms with Crippen molar-refractivity contribution < 1.29 is 18.3 Å². The van der Waals surface area contributed by atoms with Crippen LogP contribution in [0.4, 0.5) is 17.2 Å². The number of aromatic amines is 1. The van der Waals surface area contributed by atoms with E-state index in [1.165, 1.54) is 6.26 Å². The largest absolute Gasteiger partial charge is 0.374 e. The van der Waals surface area contributed by atoms with Crippen molar-refractivity contribution in [3.05, 3.63) is 35.7 Å². The first-order valence-electron chi connectivity index (χ1n) is 11.3. The highest BCUT2D eigenvalue weighted by atomic mass is 32.2. The van der Waals surface area contributed by atoms with E-state index in [9.17, 15) is 13.5 Å². The molecule has 2 aliphatic rings. The summed E-state index contributed by atoms with van der Waals surface area (Å²) < 4.78 is 31.2. The van der Waals surface area contributed by atoms with Crippen LogP contribution in [0.25, 0.3) is 11.2 Å². The van der Waals surface area contributed by atoms with Gasteiger partial charge in [-0.1, -0.05) is 6.07 Å². The molecule has 10 heteroatoms. The maximum Gasteiger partial charge on any atom is 0.177 e. The van der Waals surface area contributed by atoms with Crippen LogP contribution in [0.1, 0.15) is 49.6 Å². The third kappa shape index (κ3) is 4.83. The van der Waals surface area contributed by atoms with Crippen molar-refractivity contribution in [3.8, 4) is 0 Å². The van der Waals surface area contributed by atoms with E-state index in [0.717, 1.165) is 37.7 Å². The van der Waals surface area contributed by atoms with Crippen LogP contribution in [-0.2, 0) is 14.6 Å². The Bertz CT molecular complexity index is 1280. The van der Waals surface area contributed by atoms with Gasteiger partial charge in [0.2, 0.25) is 0 Å². The smallest absolute Gasteiger partial charge is 0.177 e. The van der Waals surface area contributed by atoms with Crippen molar-refractivity contribution in [2.24, 2.45) is 5.92 Å². The molecule has 0 amide bonds. The van der Waals surface area contributed by atoms with Crippen molar-refractivity contribution in [2.45, 2.75) is 56.3 Å². The molecule has 1 saturated heterocycles. The van der Waals surface area contributed by atoms with Crippen LogP contribution in [0.3, 0.4) is 0 Å². The van der Waals surface area contributed by atoms with Crippen molar-refractivity contribution in [3.63, 3.8) is 0 Å². The summed E-state index contributed by atoms with van der Waals surface area (Å²) in [4.78, 5) is 12.4. The minimum Gasteiger partial charge on any atom is -0.374 e. The number of imidazole rings is 1. The number of anilines is 3. The van der Waals surface area contributed by atoms with Crippen LogP contribution in [0, 0.1) is 12.8 Å². The van der Waals surface area contributed by atoms with Crippen LogP contribution < -0.4 is 10.6 Å². The lowest BCUT2D eigenvalue weighted by molar-refractivity contribution is 0.0148. The van der Waals surface area contributed by atoms with Crippen molar-refractivity contribution in [1.29, 1.82) is 0 Å². The van der Waals surface area contributed by atoms with Gasteiger partial charge in [0.05, 0.1) is 22.4 Å². The minimum atomic E-state index is -3.51. The maximum atomic E-state index is 12.7. The topological polar surface area (TPSA) is 129 Å². The molecule has 1 aliphatic heterocycles. The molecule has 4 N–H and O–H groups in total. The van der Waals surface area contributed by atoms with Crippen LogP contribution >= 0.6 is 0 Å². The molecule has 0 radical (unpaired) electrons. The molecule has 9 nitrogen and oxygen atoms in total. The number of aliphatic hydroxyl groups excluding tert-OH is 1. The first kappa shape index (κ1) is 22.1. The summed E-state index contributed by atoms with van der Waals surface area (Å²) in [6.45, 7) is 2.52. The minimum absolute atomic E-state index is 0.0883. The molecule has 1 saturated carbocycles. The van der Waals surface area contributed by atoms with Crippen LogP contribution in [0.2, 0.25) is 0 Å². The molecule has 2 fully saturated rings. The molecule has 2 aromatic heterocycles. The van der Waals surface area contributed by atoms with Gasteiger partial charge in [-0.15, -0.1) is 0 Å². The average Bonchev–Trinajstić information content (AvgIpc) is 3.56. The Kier molecular flexibility index (Phi) is 5.75. The monoisotopic (exact) mass is 471 g/mol. The molecule has 0 bridgehead atoms. The lowest BCUT2D eigenvalue weighted by Crippen LogP contribution is -2.21. The van der Waals surface area contributed by atoms with E-state index < -0.39 is 16.1 Å². The zero-order valence-corrected chi connectivity index (χ0v) is 19.6. The predicted octanol–water partition coefficient (Wildman–Crippen LogP) is 3.80. The standard InChI is InChI=1S/C23H29N5O4S/c1-13-24-21-17(12-20(27-22(21)25-13)28-23(29)14-6-7-14)26-16-9-8-15(11-19(16)33(2,30)31)18-5-3-4-10-32-18/h8-9,11-12,14,18,23,29H,3-7,10H2,1-2H3,(H3,24,25,26,27,28). The molecular formula is C23H29N5O4S. The molecule has 176 valence electrons. The van der Waals surface area contributed by atoms with Crippen LogP contribution in [-0.4, -0.2) is 47.6 Å². The van der Waals surface area contributed by atoms with Gasteiger partial charge in [-0.2, -0.15) is 0 Å². The highest BCUT2D eigenvalue weighted by molar-refractivity contribution is 7.90. The number of hydrogen-bond donors (Lipinski definition) is 4. The Morgan fingerprint density at radius 1 is 1.15 bits per heavy atom. The second-order valence-corrected chi connectivity index (χ2v) is 11.0. The number of aromatic nitrogens is 3. The molecule has 2 unspecified atom stereocenters. The maximum absolute atomic E-state index is 12.7. The number of aliphatic hydroxyl groups is 1. The van der Waals surface area contributed by atoms with Gasteiger partial charge in [-0.05, 0) is 56.7 Å². The number of sulfone groups is 1. The van der Waals surface area contributed by atoms with E-state index in [0.29, 0.717) is 40.8 Å². The van der Waals surface area contributed by atoms with E-state index in [2.05, 4.69) is 25.6 Å². The van der Waals surface area contributed by atoms with E-state index in [1.807, 2.05) is 13.0 Å². The summed E-state index contributed by atoms with van der Waals surface area (Å²) in [7, 11) is -3.51. The molecule has 1 aromatic carbocycles. The Morgan fingerprint density at radius 3 is 2.67 bits per heavy atom. The number of nitrogens with zero attached hydrogens (tertiary/aromatic N) is 2. The first-order chi connectivity index (χ1) is 15.8. The number of pyridine rings is 1. The quantitative estimate of drug-likeness (QED) is 0.383. The molecule has 1 aliphatic carbocycles. The summed E-state index contributed by atoms with van der Waals surface area (Å²) in [6.07, 6.45) is 5.39. The third-order valence-corrected chi connectivity index (χ3v) is 7.30. The summed E-state index contributed by atoms with van der Waals surface area (Å²) in [5.41, 5.74) is 3.07. The summed E-state index contributed by atoms with van der Waals surface area (Å²) in [5.74, 6) is 1.41. The molecule has 5 rings (SSSR count). The summed E-state index contributed by atoms with van der Waals surface area (Å²) >= 11 is 0. The molecule has 33 heavy (non-hydrogen) atoms. The zero-order chi connectivity index (χ0) is 23.2. The molecular weight excluding hydrogens is 442 g/mol. The highest BCUT2D eigenvalue weighted by Gasteiger charge is 2.30. The van der Waals surface area contributed by atoms with Crippen LogP contribution in [0.5, 0.6) is 0 Å². The van der Waals surface area contributed by atoms with E-state index in [-0.39, 0.29) is 16.9 Å². The lowest BCUT2D eigenvalue weighted by Gasteiger charge is -2.24. The average molecular weight is 472 g/mol. The molecule has 3 heterocycles. The fourth-order valence-corrected chi connectivity index (χ4v) is 5.12. The number of benzene rings is 1. The van der Waals surface area contributed by atoms with E-state index >= 15 is 0 Å². The lowest BCUT2D eigenvalue weighted by atomic mass is 10.0. The fraction of sp³-hybridized carbons (Fsp3) is 0.478. The van der Waals surface area contributed by atoms with Crippen molar-refractivity contribution >= 4 is 38.2 Å². The number of rotatable bonds is 7. The van der Waals surface area contributed by atoms with Gasteiger partial charge in [-0.25, -0.2) is 18.4 Å². The second kappa shape index (κ2) is 8.58. The number of fused-ring (bicyclic) bond motifs is 1.